The average molecular weight is 366 g/mol. The lowest BCUT2D eigenvalue weighted by molar-refractivity contribution is 0.0687. The molecular formula is C21H22N2O2S. The Balaban J connectivity index is 2.60. The van der Waals surface area contributed by atoms with Gasteiger partial charge in [-0.1, -0.05) is 43.3 Å². The Hall–Kier alpha value is -2.71. The summed E-state index contributed by atoms with van der Waals surface area (Å²) < 4.78 is 1.48. The standard InChI is InChI=1S/C21H22N2O2S/c1-5-7-17(18(6-2)26-4)14-8-10-15(11-9-14)19-16(12-22)13-23(3)20(19)21(24)25/h5,7-11,13H,6H2,1-4H3,(H,24,25)/b7-5-,18-17-. The number of hydrogen-bond donors (Lipinski definition) is 1. The predicted octanol–water partition coefficient (Wildman–Crippen LogP) is 5.32. The van der Waals surface area contributed by atoms with Gasteiger partial charge in [-0.15, -0.1) is 11.8 Å². The van der Waals surface area contributed by atoms with Crippen LogP contribution in [0.4, 0.5) is 0 Å². The van der Waals surface area contributed by atoms with E-state index in [9.17, 15) is 15.2 Å². The molecule has 5 heteroatoms. The van der Waals surface area contributed by atoms with Crippen LogP contribution in [0.5, 0.6) is 0 Å². The predicted molar refractivity (Wildman–Crippen MR) is 108 cm³/mol. The summed E-state index contributed by atoms with van der Waals surface area (Å²) in [5, 5.41) is 18.9. The molecule has 0 saturated carbocycles. The highest BCUT2D eigenvalue weighted by molar-refractivity contribution is 8.02. The van der Waals surface area contributed by atoms with Gasteiger partial charge < -0.3 is 9.67 Å². The lowest BCUT2D eigenvalue weighted by atomic mass is 9.97. The zero-order chi connectivity index (χ0) is 19.3. The van der Waals surface area contributed by atoms with Crippen molar-refractivity contribution in [2.75, 3.05) is 6.26 Å². The molecule has 4 nitrogen and oxygen atoms in total. The molecular weight excluding hydrogens is 344 g/mol. The van der Waals surface area contributed by atoms with E-state index in [0.29, 0.717) is 11.1 Å². The topological polar surface area (TPSA) is 66.0 Å². The van der Waals surface area contributed by atoms with E-state index in [-0.39, 0.29) is 5.69 Å². The second-order valence-corrected chi connectivity index (χ2v) is 6.67. The van der Waals surface area contributed by atoms with E-state index in [0.717, 1.165) is 17.5 Å². The first kappa shape index (κ1) is 19.6. The Morgan fingerprint density at radius 2 is 2.00 bits per heavy atom. The first-order valence-corrected chi connectivity index (χ1v) is 9.54. The quantitative estimate of drug-likeness (QED) is 0.703. The number of benzene rings is 1. The monoisotopic (exact) mass is 366 g/mol. The van der Waals surface area contributed by atoms with Gasteiger partial charge in [0.05, 0.1) is 5.56 Å². The van der Waals surface area contributed by atoms with Crippen molar-refractivity contribution in [1.29, 1.82) is 5.26 Å². The molecule has 0 fully saturated rings. The molecule has 1 heterocycles. The second-order valence-electron chi connectivity index (χ2n) is 5.77. The molecule has 1 aromatic carbocycles. The van der Waals surface area contributed by atoms with E-state index in [2.05, 4.69) is 25.3 Å². The van der Waals surface area contributed by atoms with Crippen LogP contribution in [0.15, 0.2) is 47.5 Å². The van der Waals surface area contributed by atoms with Gasteiger partial charge in [0.1, 0.15) is 11.8 Å². The van der Waals surface area contributed by atoms with Crippen LogP contribution in [0, 0.1) is 11.3 Å². The zero-order valence-electron chi connectivity index (χ0n) is 15.4. The van der Waals surface area contributed by atoms with Gasteiger partial charge in [-0.3, -0.25) is 0 Å². The SMILES string of the molecule is C/C=C\C(=C(/CC)SC)c1ccc(-c2c(C#N)cn(C)c2C(=O)O)cc1. The summed E-state index contributed by atoms with van der Waals surface area (Å²) in [4.78, 5) is 12.9. The first-order valence-electron chi connectivity index (χ1n) is 8.31. The molecule has 0 aliphatic heterocycles. The molecule has 0 spiro atoms. The van der Waals surface area contributed by atoms with Crippen LogP contribution in [-0.4, -0.2) is 21.9 Å². The molecule has 1 aromatic heterocycles. The second kappa shape index (κ2) is 8.59. The smallest absolute Gasteiger partial charge is 0.353 e. The summed E-state index contributed by atoms with van der Waals surface area (Å²) in [5.74, 6) is -1.04. The van der Waals surface area contributed by atoms with Crippen LogP contribution in [0.2, 0.25) is 0 Å². The molecule has 0 aliphatic carbocycles. The summed E-state index contributed by atoms with van der Waals surface area (Å²) in [6.07, 6.45) is 8.68. The Kier molecular flexibility index (Phi) is 6.48. The first-order chi connectivity index (χ1) is 12.5. The number of aromatic carboxylic acids is 1. The maximum atomic E-state index is 11.6. The summed E-state index contributed by atoms with van der Waals surface area (Å²) in [7, 11) is 1.64. The van der Waals surface area contributed by atoms with Crippen LogP contribution in [0.25, 0.3) is 16.7 Å². The van der Waals surface area contributed by atoms with E-state index in [1.807, 2.05) is 37.3 Å². The zero-order valence-corrected chi connectivity index (χ0v) is 16.2. The number of carbonyl (C=O) groups is 1. The van der Waals surface area contributed by atoms with Crippen molar-refractivity contribution >= 4 is 23.3 Å². The number of hydrogen-bond acceptors (Lipinski definition) is 3. The average Bonchev–Trinajstić information content (AvgIpc) is 2.98. The van der Waals surface area contributed by atoms with Crippen LogP contribution in [0.1, 0.15) is 41.9 Å². The molecule has 0 atom stereocenters. The van der Waals surface area contributed by atoms with Gasteiger partial charge in [-0.05, 0) is 41.2 Å². The Morgan fingerprint density at radius 1 is 1.35 bits per heavy atom. The maximum absolute atomic E-state index is 11.6. The highest BCUT2D eigenvalue weighted by Crippen LogP contribution is 2.33. The highest BCUT2D eigenvalue weighted by atomic mass is 32.2. The molecule has 2 rings (SSSR count). The number of nitrogens with zero attached hydrogens (tertiary/aromatic N) is 2. The van der Waals surface area contributed by atoms with E-state index < -0.39 is 5.97 Å². The van der Waals surface area contributed by atoms with E-state index in [1.165, 1.54) is 15.0 Å². The maximum Gasteiger partial charge on any atom is 0.353 e. The van der Waals surface area contributed by atoms with Gasteiger partial charge >= 0.3 is 5.97 Å². The van der Waals surface area contributed by atoms with Crippen LogP contribution in [0.3, 0.4) is 0 Å². The van der Waals surface area contributed by atoms with E-state index >= 15 is 0 Å². The fourth-order valence-corrected chi connectivity index (χ4v) is 3.73. The largest absolute Gasteiger partial charge is 0.477 e. The normalized spacial score (nSPS) is 12.1. The van der Waals surface area contributed by atoms with Crippen molar-refractivity contribution in [1.82, 2.24) is 4.57 Å². The third kappa shape index (κ3) is 3.76. The van der Waals surface area contributed by atoms with Gasteiger partial charge in [0.25, 0.3) is 0 Å². The summed E-state index contributed by atoms with van der Waals surface area (Å²) >= 11 is 1.73. The van der Waals surface area contributed by atoms with Gasteiger partial charge in [0, 0.05) is 18.8 Å². The number of thioether (sulfide) groups is 1. The van der Waals surface area contributed by atoms with Crippen molar-refractivity contribution < 1.29 is 9.90 Å². The Bertz CT molecular complexity index is 907. The van der Waals surface area contributed by atoms with E-state index in [4.69, 9.17) is 0 Å². The number of allylic oxidation sites excluding steroid dienone is 4. The summed E-state index contributed by atoms with van der Waals surface area (Å²) in [6.45, 7) is 4.12. The lowest BCUT2D eigenvalue weighted by Crippen LogP contribution is -2.05. The van der Waals surface area contributed by atoms with Crippen molar-refractivity contribution in [3.8, 4) is 17.2 Å². The number of rotatable bonds is 6. The molecule has 0 radical (unpaired) electrons. The van der Waals surface area contributed by atoms with E-state index in [1.54, 1.807) is 25.0 Å². The number of carboxylic acid groups (broad SMARTS) is 1. The molecule has 0 amide bonds. The van der Waals surface area contributed by atoms with Crippen LogP contribution >= 0.6 is 11.8 Å². The molecule has 134 valence electrons. The van der Waals surface area contributed by atoms with Crippen molar-refractivity contribution in [3.05, 3.63) is 64.3 Å². The number of aromatic nitrogens is 1. The third-order valence-electron chi connectivity index (χ3n) is 4.19. The number of carboxylic acids is 1. The molecule has 0 bridgehead atoms. The van der Waals surface area contributed by atoms with Gasteiger partial charge in [-0.25, -0.2) is 4.79 Å². The lowest BCUT2D eigenvalue weighted by Gasteiger charge is -2.11. The third-order valence-corrected chi connectivity index (χ3v) is 5.19. The van der Waals surface area contributed by atoms with Gasteiger partial charge in [0.2, 0.25) is 0 Å². The minimum atomic E-state index is -1.04. The van der Waals surface area contributed by atoms with Crippen molar-refractivity contribution in [2.45, 2.75) is 20.3 Å². The van der Waals surface area contributed by atoms with Gasteiger partial charge in [0.15, 0.2) is 0 Å². The Labute approximate surface area is 158 Å². The molecule has 1 N–H and O–H groups in total. The minimum absolute atomic E-state index is 0.122. The Morgan fingerprint density at radius 3 is 2.46 bits per heavy atom. The van der Waals surface area contributed by atoms with Crippen LogP contribution < -0.4 is 0 Å². The summed E-state index contributed by atoms with van der Waals surface area (Å²) in [6, 6.07) is 9.83. The number of nitriles is 1. The van der Waals surface area contributed by atoms with Gasteiger partial charge in [-0.2, -0.15) is 5.26 Å². The minimum Gasteiger partial charge on any atom is -0.477 e. The van der Waals surface area contributed by atoms with Crippen LogP contribution in [-0.2, 0) is 7.05 Å². The number of aryl methyl sites for hydroxylation is 1. The van der Waals surface area contributed by atoms with Crippen molar-refractivity contribution in [3.63, 3.8) is 0 Å². The fraction of sp³-hybridized carbons (Fsp3) is 0.238. The van der Waals surface area contributed by atoms with Crippen molar-refractivity contribution in [2.24, 2.45) is 7.05 Å². The fourth-order valence-electron chi connectivity index (χ4n) is 3.04. The highest BCUT2D eigenvalue weighted by Gasteiger charge is 2.21. The molecule has 2 aromatic rings. The molecule has 0 aliphatic rings. The molecule has 26 heavy (non-hydrogen) atoms. The summed E-state index contributed by atoms with van der Waals surface area (Å²) in [5.41, 5.74) is 3.92. The molecule has 0 saturated heterocycles. The molecule has 0 unspecified atom stereocenters.